The molecule has 0 saturated carbocycles. The highest BCUT2D eigenvalue weighted by Crippen LogP contribution is 2.15. The molecule has 1 heterocycles. The lowest BCUT2D eigenvalue weighted by Gasteiger charge is -2.20. The topological polar surface area (TPSA) is 131 Å². The SMILES string of the molecule is COc1ccc(NC(=O)/C=C/[C@H](CC(C)C)NC(=O)[C@@H](N)Cc2cccs2)cc1.O=C(O)C(F)(F)F. The van der Waals surface area contributed by atoms with Crippen LogP contribution in [0.25, 0.3) is 0 Å². The van der Waals surface area contributed by atoms with E-state index >= 15 is 0 Å². The Morgan fingerprint density at radius 2 is 1.78 bits per heavy atom. The molecule has 36 heavy (non-hydrogen) atoms. The molecule has 1 aromatic heterocycles. The molecule has 2 amide bonds. The number of nitrogens with two attached hydrogens (primary N) is 1. The van der Waals surface area contributed by atoms with Gasteiger partial charge in [0.2, 0.25) is 11.8 Å². The second-order valence-electron chi connectivity index (χ2n) is 8.01. The largest absolute Gasteiger partial charge is 0.497 e. The third-order valence-electron chi connectivity index (χ3n) is 4.47. The second-order valence-corrected chi connectivity index (χ2v) is 9.05. The van der Waals surface area contributed by atoms with Gasteiger partial charge in [0.25, 0.3) is 0 Å². The molecule has 5 N–H and O–H groups in total. The summed E-state index contributed by atoms with van der Waals surface area (Å²) < 4.78 is 36.8. The molecular formula is C24H30F3N3O5S. The summed E-state index contributed by atoms with van der Waals surface area (Å²) in [5.74, 6) is -2.17. The predicted octanol–water partition coefficient (Wildman–Crippen LogP) is 3.99. The third-order valence-corrected chi connectivity index (χ3v) is 5.37. The van der Waals surface area contributed by atoms with Gasteiger partial charge in [0.1, 0.15) is 5.75 Å². The fraction of sp³-hybridized carbons (Fsp3) is 0.375. The average Bonchev–Trinajstić information content (AvgIpc) is 3.30. The number of hydrogen-bond acceptors (Lipinski definition) is 6. The quantitative estimate of drug-likeness (QED) is 0.345. The van der Waals surface area contributed by atoms with Gasteiger partial charge in [-0.15, -0.1) is 11.3 Å². The molecule has 0 aliphatic rings. The number of carbonyl (C=O) groups excluding carboxylic acids is 2. The summed E-state index contributed by atoms with van der Waals surface area (Å²) >= 11 is 1.58. The van der Waals surface area contributed by atoms with Crippen molar-refractivity contribution in [1.82, 2.24) is 5.32 Å². The summed E-state index contributed by atoms with van der Waals surface area (Å²) in [6.45, 7) is 4.13. The third kappa shape index (κ3) is 12.4. The second kappa shape index (κ2) is 14.9. The average molecular weight is 530 g/mol. The Morgan fingerprint density at radius 3 is 2.25 bits per heavy atom. The van der Waals surface area contributed by atoms with Gasteiger partial charge in [-0.25, -0.2) is 4.79 Å². The number of carbonyl (C=O) groups is 3. The van der Waals surface area contributed by atoms with E-state index in [0.717, 1.165) is 10.6 Å². The molecule has 1 aromatic carbocycles. The van der Waals surface area contributed by atoms with Gasteiger partial charge in [-0.05, 0) is 48.1 Å². The number of nitrogens with one attached hydrogen (secondary N) is 2. The Balaban J connectivity index is 0.000000809. The number of aliphatic carboxylic acids is 1. The molecule has 0 saturated heterocycles. The number of amides is 2. The minimum atomic E-state index is -5.08. The first-order valence-corrected chi connectivity index (χ1v) is 11.7. The Bertz CT molecular complexity index is 993. The van der Waals surface area contributed by atoms with Crippen molar-refractivity contribution in [3.05, 3.63) is 58.8 Å². The lowest BCUT2D eigenvalue weighted by Crippen LogP contribution is -2.46. The highest BCUT2D eigenvalue weighted by atomic mass is 32.1. The number of carboxylic acid groups (broad SMARTS) is 1. The summed E-state index contributed by atoms with van der Waals surface area (Å²) in [6.07, 6.45) is -0.708. The normalized spacial score (nSPS) is 12.9. The number of thiophene rings is 1. The monoisotopic (exact) mass is 529 g/mol. The maximum atomic E-state index is 12.5. The number of anilines is 1. The van der Waals surface area contributed by atoms with Crippen molar-refractivity contribution < 1.29 is 37.4 Å². The number of hydrogen-bond donors (Lipinski definition) is 4. The highest BCUT2D eigenvalue weighted by molar-refractivity contribution is 7.09. The van der Waals surface area contributed by atoms with Gasteiger partial charge >= 0.3 is 12.1 Å². The molecule has 0 bridgehead atoms. The van der Waals surface area contributed by atoms with E-state index in [1.807, 2.05) is 17.5 Å². The molecule has 0 aliphatic carbocycles. The summed E-state index contributed by atoms with van der Waals surface area (Å²) in [6, 6.07) is 10.1. The molecule has 2 atom stereocenters. The van der Waals surface area contributed by atoms with Crippen LogP contribution in [0.1, 0.15) is 25.1 Å². The first kappa shape index (κ1) is 30.7. The lowest BCUT2D eigenvalue weighted by atomic mass is 10.0. The Kier molecular flexibility index (Phi) is 12.7. The van der Waals surface area contributed by atoms with E-state index in [4.69, 9.17) is 20.4 Å². The van der Waals surface area contributed by atoms with E-state index in [1.54, 1.807) is 48.8 Å². The van der Waals surface area contributed by atoms with Crippen molar-refractivity contribution in [3.63, 3.8) is 0 Å². The Hall–Kier alpha value is -3.38. The van der Waals surface area contributed by atoms with Crippen LogP contribution in [0, 0.1) is 5.92 Å². The van der Waals surface area contributed by atoms with Crippen molar-refractivity contribution in [1.29, 1.82) is 0 Å². The summed E-state index contributed by atoms with van der Waals surface area (Å²) in [7, 11) is 1.59. The van der Waals surface area contributed by atoms with Gasteiger partial charge in [-0.1, -0.05) is 26.0 Å². The molecule has 2 aromatic rings. The molecule has 0 aliphatic heterocycles. The van der Waals surface area contributed by atoms with E-state index in [-0.39, 0.29) is 17.9 Å². The summed E-state index contributed by atoms with van der Waals surface area (Å²) in [4.78, 5) is 34.7. The number of benzene rings is 1. The van der Waals surface area contributed by atoms with Crippen molar-refractivity contribution in [2.75, 3.05) is 12.4 Å². The molecular weight excluding hydrogens is 499 g/mol. The summed E-state index contributed by atoms with van der Waals surface area (Å²) in [5.41, 5.74) is 6.72. The van der Waals surface area contributed by atoms with Gasteiger partial charge in [-0.2, -0.15) is 13.2 Å². The molecule has 12 heteroatoms. The van der Waals surface area contributed by atoms with Gasteiger partial charge in [-0.3, -0.25) is 9.59 Å². The number of halogens is 3. The van der Waals surface area contributed by atoms with E-state index in [1.165, 1.54) is 6.08 Å². The zero-order chi connectivity index (χ0) is 27.3. The maximum absolute atomic E-state index is 12.5. The Labute approximate surface area is 211 Å². The van der Waals surface area contributed by atoms with Crippen molar-refractivity contribution in [3.8, 4) is 5.75 Å². The molecule has 0 spiro atoms. The number of ether oxygens (including phenoxy) is 1. The van der Waals surface area contributed by atoms with Crippen LogP contribution in [0.4, 0.5) is 18.9 Å². The first-order chi connectivity index (χ1) is 16.8. The number of alkyl halides is 3. The van der Waals surface area contributed by atoms with Crippen LogP contribution in [0.3, 0.4) is 0 Å². The van der Waals surface area contributed by atoms with Gasteiger partial charge < -0.3 is 26.2 Å². The molecule has 8 nitrogen and oxygen atoms in total. The van der Waals surface area contributed by atoms with Crippen LogP contribution < -0.4 is 21.1 Å². The number of methoxy groups -OCH3 is 1. The van der Waals surface area contributed by atoms with Crippen LogP contribution in [0.15, 0.2) is 53.9 Å². The number of carboxylic acids is 1. The molecule has 0 fully saturated rings. The Morgan fingerprint density at radius 1 is 1.17 bits per heavy atom. The minimum Gasteiger partial charge on any atom is -0.497 e. The molecule has 0 unspecified atom stereocenters. The van der Waals surface area contributed by atoms with Gasteiger partial charge in [0.15, 0.2) is 0 Å². The van der Waals surface area contributed by atoms with E-state index in [0.29, 0.717) is 24.4 Å². The fourth-order valence-corrected chi connectivity index (χ4v) is 3.55. The van der Waals surface area contributed by atoms with Crippen molar-refractivity contribution >= 4 is 34.8 Å². The van der Waals surface area contributed by atoms with Crippen LogP contribution in [-0.2, 0) is 20.8 Å². The van der Waals surface area contributed by atoms with Crippen LogP contribution in [0.5, 0.6) is 5.75 Å². The zero-order valence-corrected chi connectivity index (χ0v) is 20.9. The molecule has 198 valence electrons. The summed E-state index contributed by atoms with van der Waals surface area (Å²) in [5, 5.41) is 14.8. The van der Waals surface area contributed by atoms with Crippen molar-refractivity contribution in [2.45, 2.75) is 44.9 Å². The highest BCUT2D eigenvalue weighted by Gasteiger charge is 2.38. The van der Waals surface area contributed by atoms with Crippen LogP contribution in [-0.4, -0.2) is 48.3 Å². The number of rotatable bonds is 10. The molecule has 2 rings (SSSR count). The van der Waals surface area contributed by atoms with E-state index < -0.39 is 18.2 Å². The smallest absolute Gasteiger partial charge is 0.490 e. The van der Waals surface area contributed by atoms with Crippen LogP contribution >= 0.6 is 11.3 Å². The van der Waals surface area contributed by atoms with Gasteiger partial charge in [0.05, 0.1) is 13.2 Å². The first-order valence-electron chi connectivity index (χ1n) is 10.8. The molecule has 0 radical (unpaired) electrons. The van der Waals surface area contributed by atoms with Crippen LogP contribution in [0.2, 0.25) is 0 Å². The lowest BCUT2D eigenvalue weighted by molar-refractivity contribution is -0.192. The van der Waals surface area contributed by atoms with E-state index in [2.05, 4.69) is 24.5 Å². The predicted molar refractivity (Wildman–Crippen MR) is 132 cm³/mol. The standard InChI is InChI=1S/C22H29N3O3S.C2HF3O2/c1-15(2)13-17(25-22(27)20(23)14-19-5-4-12-29-19)8-11-21(26)24-16-6-9-18(28-3)10-7-16;3-2(4,5)1(6)7/h4-12,15,17,20H,13-14,23H2,1-3H3,(H,24,26)(H,25,27);(H,6,7)/b11-8+;/t17-,20+;/m1./s1. The minimum absolute atomic E-state index is 0.218. The maximum Gasteiger partial charge on any atom is 0.490 e. The van der Waals surface area contributed by atoms with Crippen molar-refractivity contribution in [2.24, 2.45) is 11.7 Å². The fourth-order valence-electron chi connectivity index (χ4n) is 2.78. The zero-order valence-electron chi connectivity index (χ0n) is 20.0. The van der Waals surface area contributed by atoms with E-state index in [9.17, 15) is 22.8 Å². The van der Waals surface area contributed by atoms with Gasteiger partial charge in [0, 0.05) is 29.1 Å².